The Kier molecular flexibility index (Phi) is 6.02. The summed E-state index contributed by atoms with van der Waals surface area (Å²) in [7, 11) is -3.46. The molecule has 2 aromatic rings. The summed E-state index contributed by atoms with van der Waals surface area (Å²) >= 11 is 0. The van der Waals surface area contributed by atoms with Gasteiger partial charge in [-0.15, -0.1) is 0 Å². The van der Waals surface area contributed by atoms with Crippen molar-refractivity contribution < 1.29 is 13.2 Å². The van der Waals surface area contributed by atoms with Gasteiger partial charge < -0.3 is 4.74 Å². The van der Waals surface area contributed by atoms with Crippen LogP contribution < -0.4 is 9.46 Å². The molecule has 0 atom stereocenters. The number of sulfonamides is 1. The summed E-state index contributed by atoms with van der Waals surface area (Å²) < 4.78 is 32.8. The van der Waals surface area contributed by atoms with Crippen molar-refractivity contribution in [1.29, 1.82) is 0 Å². The summed E-state index contributed by atoms with van der Waals surface area (Å²) in [5, 5.41) is 1.86. The van der Waals surface area contributed by atoms with Gasteiger partial charge >= 0.3 is 0 Å². The van der Waals surface area contributed by atoms with Crippen molar-refractivity contribution in [2.75, 3.05) is 6.61 Å². The highest BCUT2D eigenvalue weighted by atomic mass is 32.2. The number of hydrogen-bond donors (Lipinski definition) is 1. The second-order valence-corrected chi connectivity index (χ2v) is 7.72. The van der Waals surface area contributed by atoms with Gasteiger partial charge in [-0.1, -0.05) is 31.9 Å². The minimum Gasteiger partial charge on any atom is -0.494 e. The maximum absolute atomic E-state index is 12.2. The fraction of sp³-hybridized carbons (Fsp3) is 0.444. The van der Waals surface area contributed by atoms with E-state index in [1.165, 1.54) is 6.42 Å². The summed E-state index contributed by atoms with van der Waals surface area (Å²) in [6.45, 7) is 6.49. The van der Waals surface area contributed by atoms with E-state index in [-0.39, 0.29) is 10.9 Å². The SMILES string of the molecule is CCCCCOc1ccc2cc(S(=O)(=O)NC(C)C)ccc2c1. The van der Waals surface area contributed by atoms with Gasteiger partial charge in [-0.2, -0.15) is 0 Å². The van der Waals surface area contributed by atoms with Crippen LogP contribution in [-0.4, -0.2) is 21.1 Å². The Balaban J connectivity index is 2.19. The first-order chi connectivity index (χ1) is 10.9. The van der Waals surface area contributed by atoms with Gasteiger partial charge in [0.1, 0.15) is 5.75 Å². The molecule has 0 heterocycles. The number of ether oxygens (including phenoxy) is 1. The van der Waals surface area contributed by atoms with Crippen molar-refractivity contribution in [2.24, 2.45) is 0 Å². The van der Waals surface area contributed by atoms with Crippen LogP contribution in [0.1, 0.15) is 40.0 Å². The number of nitrogens with one attached hydrogen (secondary N) is 1. The lowest BCUT2D eigenvalue weighted by Gasteiger charge is -2.11. The number of hydrogen-bond acceptors (Lipinski definition) is 3. The number of fused-ring (bicyclic) bond motifs is 1. The van der Waals surface area contributed by atoms with Gasteiger partial charge in [-0.3, -0.25) is 0 Å². The van der Waals surface area contributed by atoms with Gasteiger partial charge in [-0.25, -0.2) is 13.1 Å². The second-order valence-electron chi connectivity index (χ2n) is 6.00. The lowest BCUT2D eigenvalue weighted by atomic mass is 10.1. The summed E-state index contributed by atoms with van der Waals surface area (Å²) in [6, 6.07) is 10.8. The Morgan fingerprint density at radius 3 is 2.43 bits per heavy atom. The molecule has 0 aliphatic rings. The van der Waals surface area contributed by atoms with Crippen molar-refractivity contribution in [1.82, 2.24) is 4.72 Å². The van der Waals surface area contributed by atoms with Crippen molar-refractivity contribution in [2.45, 2.75) is 51.0 Å². The molecule has 4 nitrogen and oxygen atoms in total. The first-order valence-electron chi connectivity index (χ1n) is 8.11. The van der Waals surface area contributed by atoms with Crippen LogP contribution in [0, 0.1) is 0 Å². The zero-order valence-corrected chi connectivity index (χ0v) is 14.8. The molecule has 0 aromatic heterocycles. The van der Waals surface area contributed by atoms with E-state index in [4.69, 9.17) is 4.74 Å². The van der Waals surface area contributed by atoms with E-state index in [9.17, 15) is 8.42 Å². The monoisotopic (exact) mass is 335 g/mol. The molecular formula is C18H25NO3S. The molecule has 23 heavy (non-hydrogen) atoms. The Labute approximate surface area is 138 Å². The van der Waals surface area contributed by atoms with E-state index in [0.29, 0.717) is 6.61 Å². The van der Waals surface area contributed by atoms with Crippen LogP contribution in [0.15, 0.2) is 41.3 Å². The summed E-state index contributed by atoms with van der Waals surface area (Å²) in [5.74, 6) is 0.824. The fourth-order valence-electron chi connectivity index (χ4n) is 2.38. The molecule has 0 aliphatic carbocycles. The summed E-state index contributed by atoms with van der Waals surface area (Å²) in [5.41, 5.74) is 0. The quantitative estimate of drug-likeness (QED) is 0.739. The lowest BCUT2D eigenvalue weighted by Crippen LogP contribution is -2.30. The largest absolute Gasteiger partial charge is 0.494 e. The Morgan fingerprint density at radius 1 is 1.04 bits per heavy atom. The van der Waals surface area contributed by atoms with Crippen LogP contribution in [0.3, 0.4) is 0 Å². The third-order valence-corrected chi connectivity index (χ3v) is 5.16. The molecule has 0 fully saturated rings. The number of unbranched alkanes of at least 4 members (excludes halogenated alkanes) is 2. The molecule has 1 N–H and O–H groups in total. The fourth-order valence-corrected chi connectivity index (χ4v) is 3.67. The standard InChI is InChI=1S/C18H25NO3S/c1-4-5-6-11-22-17-9-7-16-13-18(10-8-15(16)12-17)23(20,21)19-14(2)3/h7-10,12-14,19H,4-6,11H2,1-3H3. The molecular weight excluding hydrogens is 310 g/mol. The highest BCUT2D eigenvalue weighted by Gasteiger charge is 2.15. The molecule has 0 amide bonds. The van der Waals surface area contributed by atoms with Gasteiger partial charge in [-0.05, 0) is 55.3 Å². The molecule has 2 rings (SSSR count). The van der Waals surface area contributed by atoms with Gasteiger partial charge in [0, 0.05) is 6.04 Å². The van der Waals surface area contributed by atoms with Crippen molar-refractivity contribution >= 4 is 20.8 Å². The second kappa shape index (κ2) is 7.79. The third-order valence-electron chi connectivity index (χ3n) is 3.50. The number of rotatable bonds is 8. The third kappa shape index (κ3) is 4.94. The minimum absolute atomic E-state index is 0.130. The molecule has 0 saturated heterocycles. The minimum atomic E-state index is -3.46. The van der Waals surface area contributed by atoms with E-state index in [0.717, 1.165) is 29.4 Å². The van der Waals surface area contributed by atoms with Gasteiger partial charge in [0.05, 0.1) is 11.5 Å². The molecule has 0 bridgehead atoms. The smallest absolute Gasteiger partial charge is 0.240 e. The van der Waals surface area contributed by atoms with E-state index >= 15 is 0 Å². The van der Waals surface area contributed by atoms with E-state index in [2.05, 4.69) is 11.6 Å². The highest BCUT2D eigenvalue weighted by molar-refractivity contribution is 7.89. The molecule has 126 valence electrons. The first kappa shape index (κ1) is 17.8. The predicted molar refractivity (Wildman–Crippen MR) is 94.4 cm³/mol. The van der Waals surface area contributed by atoms with Crippen molar-refractivity contribution in [3.63, 3.8) is 0 Å². The van der Waals surface area contributed by atoms with Gasteiger partial charge in [0.15, 0.2) is 0 Å². The van der Waals surface area contributed by atoms with E-state index < -0.39 is 10.0 Å². The molecule has 0 radical (unpaired) electrons. The average molecular weight is 335 g/mol. The van der Waals surface area contributed by atoms with Crippen LogP contribution >= 0.6 is 0 Å². The lowest BCUT2D eigenvalue weighted by molar-refractivity contribution is 0.306. The van der Waals surface area contributed by atoms with Gasteiger partial charge in [0.25, 0.3) is 0 Å². The van der Waals surface area contributed by atoms with Crippen LogP contribution in [0.25, 0.3) is 10.8 Å². The van der Waals surface area contributed by atoms with E-state index in [1.54, 1.807) is 26.0 Å². The van der Waals surface area contributed by atoms with Crippen LogP contribution in [-0.2, 0) is 10.0 Å². The normalized spacial score (nSPS) is 12.0. The zero-order valence-electron chi connectivity index (χ0n) is 14.0. The summed E-state index contributed by atoms with van der Waals surface area (Å²) in [4.78, 5) is 0.287. The molecule has 2 aromatic carbocycles. The maximum Gasteiger partial charge on any atom is 0.240 e. The molecule has 0 aliphatic heterocycles. The summed E-state index contributed by atoms with van der Waals surface area (Å²) in [6.07, 6.45) is 3.38. The van der Waals surface area contributed by atoms with Crippen LogP contribution in [0.2, 0.25) is 0 Å². The molecule has 0 saturated carbocycles. The Morgan fingerprint density at radius 2 is 1.74 bits per heavy atom. The van der Waals surface area contributed by atoms with Crippen molar-refractivity contribution in [3.8, 4) is 5.75 Å². The topological polar surface area (TPSA) is 55.4 Å². The average Bonchev–Trinajstić information content (AvgIpc) is 2.49. The molecule has 0 spiro atoms. The van der Waals surface area contributed by atoms with Crippen molar-refractivity contribution in [3.05, 3.63) is 36.4 Å². The van der Waals surface area contributed by atoms with E-state index in [1.807, 2.05) is 24.3 Å². The zero-order chi connectivity index (χ0) is 16.9. The predicted octanol–water partition coefficient (Wildman–Crippen LogP) is 4.10. The van der Waals surface area contributed by atoms with Gasteiger partial charge in [0.2, 0.25) is 10.0 Å². The Bertz CT molecular complexity index is 754. The first-order valence-corrected chi connectivity index (χ1v) is 9.59. The van der Waals surface area contributed by atoms with Crippen LogP contribution in [0.4, 0.5) is 0 Å². The Hall–Kier alpha value is -1.59. The molecule has 5 heteroatoms. The highest BCUT2D eigenvalue weighted by Crippen LogP contribution is 2.24. The molecule has 0 unspecified atom stereocenters. The van der Waals surface area contributed by atoms with Crippen LogP contribution in [0.5, 0.6) is 5.75 Å². The number of benzene rings is 2. The maximum atomic E-state index is 12.2.